The summed E-state index contributed by atoms with van der Waals surface area (Å²) < 4.78 is 11.2. The summed E-state index contributed by atoms with van der Waals surface area (Å²) in [5, 5.41) is 12.6. The lowest BCUT2D eigenvalue weighted by molar-refractivity contribution is -0.112. The Morgan fingerprint density at radius 2 is 1.81 bits per heavy atom. The molecule has 0 aliphatic carbocycles. The number of ether oxygens (including phenoxy) is 2. The zero-order valence-corrected chi connectivity index (χ0v) is 20.0. The van der Waals surface area contributed by atoms with Gasteiger partial charge >= 0.3 is 5.97 Å². The van der Waals surface area contributed by atoms with Gasteiger partial charge in [0.05, 0.1) is 14.2 Å². The summed E-state index contributed by atoms with van der Waals surface area (Å²) in [6, 6.07) is 16.5. The number of carbonyl (C=O) groups is 2. The van der Waals surface area contributed by atoms with E-state index in [-0.39, 0.29) is 11.1 Å². The van der Waals surface area contributed by atoms with Gasteiger partial charge < -0.3 is 14.8 Å². The molecule has 0 aliphatic heterocycles. The summed E-state index contributed by atoms with van der Waals surface area (Å²) in [5.74, 6) is -0.672. The van der Waals surface area contributed by atoms with Crippen molar-refractivity contribution in [1.29, 1.82) is 5.26 Å². The van der Waals surface area contributed by atoms with E-state index in [0.29, 0.717) is 21.9 Å². The van der Waals surface area contributed by atoms with Crippen LogP contribution in [0.25, 0.3) is 17.2 Å². The zero-order chi connectivity index (χ0) is 23.3. The third-order valence-electron chi connectivity index (χ3n) is 4.64. The number of nitrogens with one attached hydrogen (secondary N) is 1. The van der Waals surface area contributed by atoms with Crippen LogP contribution in [-0.4, -0.2) is 26.1 Å². The fourth-order valence-corrected chi connectivity index (χ4v) is 4.48. The molecule has 1 N–H and O–H groups in total. The maximum atomic E-state index is 12.9. The molecule has 0 fully saturated rings. The summed E-state index contributed by atoms with van der Waals surface area (Å²) in [7, 11) is 2.80. The van der Waals surface area contributed by atoms with Gasteiger partial charge in [-0.2, -0.15) is 5.26 Å². The lowest BCUT2D eigenvalue weighted by Crippen LogP contribution is -2.15. The zero-order valence-electron chi connectivity index (χ0n) is 17.6. The van der Waals surface area contributed by atoms with Crippen molar-refractivity contribution in [2.75, 3.05) is 19.5 Å². The van der Waals surface area contributed by atoms with E-state index in [0.717, 1.165) is 14.9 Å². The molecule has 162 valence electrons. The highest BCUT2D eigenvalue weighted by Crippen LogP contribution is 2.40. The van der Waals surface area contributed by atoms with E-state index in [2.05, 4.69) is 21.2 Å². The molecule has 0 saturated carbocycles. The summed E-state index contributed by atoms with van der Waals surface area (Å²) in [6.45, 7) is 1.86. The van der Waals surface area contributed by atoms with Crippen molar-refractivity contribution < 1.29 is 19.1 Å². The minimum Gasteiger partial charge on any atom is -0.496 e. The molecule has 0 spiro atoms. The number of halogens is 1. The average Bonchev–Trinajstić information content (AvgIpc) is 3.12. The van der Waals surface area contributed by atoms with E-state index < -0.39 is 11.9 Å². The number of rotatable bonds is 6. The van der Waals surface area contributed by atoms with Crippen molar-refractivity contribution >= 4 is 50.2 Å². The van der Waals surface area contributed by atoms with Crippen LogP contribution in [0.1, 0.15) is 20.8 Å². The number of aryl methyl sites for hydroxylation is 1. The molecule has 0 saturated heterocycles. The quantitative estimate of drug-likeness (QED) is 0.256. The first-order chi connectivity index (χ1) is 15.4. The summed E-state index contributed by atoms with van der Waals surface area (Å²) in [6.07, 6.45) is 1.45. The monoisotopic (exact) mass is 510 g/mol. The largest absolute Gasteiger partial charge is 0.496 e. The van der Waals surface area contributed by atoms with Gasteiger partial charge in [-0.25, -0.2) is 4.79 Å². The number of carbonyl (C=O) groups excluding carboxylic acids is 2. The molecule has 0 aliphatic rings. The van der Waals surface area contributed by atoms with Crippen LogP contribution in [0.15, 0.2) is 58.6 Å². The molecular formula is C24H19BrN2O4S. The number of esters is 1. The van der Waals surface area contributed by atoms with Crippen molar-refractivity contribution in [1.82, 2.24) is 0 Å². The van der Waals surface area contributed by atoms with Crippen molar-refractivity contribution in [2.45, 2.75) is 6.92 Å². The first-order valence-electron chi connectivity index (χ1n) is 9.43. The Kier molecular flexibility index (Phi) is 7.46. The highest BCUT2D eigenvalue weighted by Gasteiger charge is 2.26. The molecule has 1 heterocycles. The number of methoxy groups -OCH3 is 2. The third kappa shape index (κ3) is 4.90. The highest BCUT2D eigenvalue weighted by atomic mass is 79.9. The number of hydrogen-bond donors (Lipinski definition) is 1. The maximum Gasteiger partial charge on any atom is 0.341 e. The molecule has 0 unspecified atom stereocenters. The van der Waals surface area contributed by atoms with Crippen molar-refractivity contribution in [3.8, 4) is 22.9 Å². The standard InChI is InChI=1S/C24H19BrN2O4S/c1-14-20(15-8-10-18(25)11-9-15)21(24(29)31-3)23(32-14)27-22(28)17(13-26)12-16-6-4-5-7-19(16)30-2/h4-12H,1-3H3,(H,27,28)/b17-12+. The molecule has 1 amide bonds. The van der Waals surface area contributed by atoms with Crippen molar-refractivity contribution in [2.24, 2.45) is 0 Å². The Hall–Kier alpha value is -3.41. The fourth-order valence-electron chi connectivity index (χ4n) is 3.15. The first kappa shape index (κ1) is 23.3. The van der Waals surface area contributed by atoms with Crippen LogP contribution < -0.4 is 10.1 Å². The molecule has 6 nitrogen and oxygen atoms in total. The Balaban J connectivity index is 2.02. The van der Waals surface area contributed by atoms with Gasteiger partial charge in [0, 0.05) is 20.5 Å². The summed E-state index contributed by atoms with van der Waals surface area (Å²) >= 11 is 4.65. The summed E-state index contributed by atoms with van der Waals surface area (Å²) in [5.41, 5.74) is 2.21. The molecule has 3 aromatic rings. The highest BCUT2D eigenvalue weighted by molar-refractivity contribution is 9.10. The van der Waals surface area contributed by atoms with Crippen LogP contribution in [0.4, 0.5) is 5.00 Å². The van der Waals surface area contributed by atoms with Gasteiger partial charge in [0.15, 0.2) is 0 Å². The minimum absolute atomic E-state index is 0.124. The second kappa shape index (κ2) is 10.3. The smallest absolute Gasteiger partial charge is 0.341 e. The normalized spacial score (nSPS) is 10.9. The predicted molar refractivity (Wildman–Crippen MR) is 129 cm³/mol. The van der Waals surface area contributed by atoms with E-state index in [9.17, 15) is 14.9 Å². The molecule has 0 radical (unpaired) electrons. The van der Waals surface area contributed by atoms with E-state index in [1.54, 1.807) is 24.3 Å². The van der Waals surface area contributed by atoms with Gasteiger partial charge in [0.2, 0.25) is 0 Å². The van der Waals surface area contributed by atoms with E-state index in [1.807, 2.05) is 37.3 Å². The van der Waals surface area contributed by atoms with Crippen LogP contribution in [0.3, 0.4) is 0 Å². The predicted octanol–water partition coefficient (Wildman–Crippen LogP) is 5.83. The van der Waals surface area contributed by atoms with Crippen LogP contribution in [-0.2, 0) is 9.53 Å². The lowest BCUT2D eigenvalue weighted by atomic mass is 10.0. The molecule has 0 bridgehead atoms. The topological polar surface area (TPSA) is 88.4 Å². The number of hydrogen-bond acceptors (Lipinski definition) is 6. The molecule has 1 aromatic heterocycles. The Morgan fingerprint density at radius 3 is 2.44 bits per heavy atom. The Labute approximate surface area is 198 Å². The summed E-state index contributed by atoms with van der Waals surface area (Å²) in [4.78, 5) is 26.4. The molecule has 2 aromatic carbocycles. The van der Waals surface area contributed by atoms with E-state index in [1.165, 1.54) is 31.6 Å². The van der Waals surface area contributed by atoms with E-state index in [4.69, 9.17) is 9.47 Å². The molecular weight excluding hydrogens is 492 g/mol. The van der Waals surface area contributed by atoms with Gasteiger partial charge in [0.1, 0.15) is 28.0 Å². The van der Waals surface area contributed by atoms with Gasteiger partial charge in [-0.05, 0) is 36.8 Å². The number of para-hydroxylation sites is 1. The minimum atomic E-state index is -0.632. The third-order valence-corrected chi connectivity index (χ3v) is 6.19. The van der Waals surface area contributed by atoms with Crippen LogP contribution >= 0.6 is 27.3 Å². The Morgan fingerprint density at radius 1 is 1.12 bits per heavy atom. The van der Waals surface area contributed by atoms with Crippen molar-refractivity contribution in [3.63, 3.8) is 0 Å². The van der Waals surface area contributed by atoms with Crippen LogP contribution in [0.2, 0.25) is 0 Å². The van der Waals surface area contributed by atoms with Gasteiger partial charge in [-0.15, -0.1) is 11.3 Å². The fraction of sp³-hybridized carbons (Fsp3) is 0.125. The first-order valence-corrected chi connectivity index (χ1v) is 11.0. The van der Waals surface area contributed by atoms with Crippen LogP contribution in [0.5, 0.6) is 5.75 Å². The van der Waals surface area contributed by atoms with Gasteiger partial charge in [0.25, 0.3) is 5.91 Å². The average molecular weight is 511 g/mol. The maximum absolute atomic E-state index is 12.9. The number of anilines is 1. The molecule has 8 heteroatoms. The molecule has 3 rings (SSSR count). The molecule has 32 heavy (non-hydrogen) atoms. The molecule has 0 atom stereocenters. The van der Waals surface area contributed by atoms with Crippen LogP contribution in [0, 0.1) is 18.3 Å². The second-order valence-electron chi connectivity index (χ2n) is 6.60. The number of benzene rings is 2. The Bertz CT molecular complexity index is 1240. The van der Waals surface area contributed by atoms with E-state index >= 15 is 0 Å². The van der Waals surface area contributed by atoms with Gasteiger partial charge in [-0.1, -0.05) is 46.3 Å². The SMILES string of the molecule is COC(=O)c1c(NC(=O)/C(C#N)=C/c2ccccc2OC)sc(C)c1-c1ccc(Br)cc1. The second-order valence-corrected chi connectivity index (χ2v) is 8.74. The number of nitrogens with zero attached hydrogens (tertiary/aromatic N) is 1. The lowest BCUT2D eigenvalue weighted by Gasteiger charge is -2.08. The van der Waals surface area contributed by atoms with Crippen molar-refractivity contribution in [3.05, 3.63) is 74.6 Å². The number of thiophene rings is 1. The number of nitriles is 1. The number of amides is 1. The van der Waals surface area contributed by atoms with Gasteiger partial charge in [-0.3, -0.25) is 4.79 Å².